The molecule has 2 aliphatic rings. The van der Waals surface area contributed by atoms with Crippen LogP contribution in [0.5, 0.6) is 0 Å². The van der Waals surface area contributed by atoms with E-state index < -0.39 is 6.04 Å². The van der Waals surface area contributed by atoms with Gasteiger partial charge in [-0.2, -0.15) is 0 Å². The van der Waals surface area contributed by atoms with Gasteiger partial charge in [0, 0.05) is 30.7 Å². The van der Waals surface area contributed by atoms with E-state index >= 15 is 0 Å². The Hall–Kier alpha value is -3.00. The molecule has 2 fully saturated rings. The van der Waals surface area contributed by atoms with Crippen molar-refractivity contribution < 1.29 is 14.4 Å². The first-order valence-electron chi connectivity index (χ1n) is 11.8. The second kappa shape index (κ2) is 10.3. The van der Waals surface area contributed by atoms with Crippen molar-refractivity contribution in [3.63, 3.8) is 0 Å². The average Bonchev–Trinajstić information content (AvgIpc) is 3.50. The lowest BCUT2D eigenvalue weighted by Gasteiger charge is -2.40. The van der Waals surface area contributed by atoms with E-state index in [0.29, 0.717) is 15.6 Å². The molecule has 35 heavy (non-hydrogen) atoms. The van der Waals surface area contributed by atoms with Crippen LogP contribution in [0.25, 0.3) is 0 Å². The number of halogens is 1. The van der Waals surface area contributed by atoms with Crippen LogP contribution in [0, 0.1) is 0 Å². The third-order valence-corrected chi connectivity index (χ3v) is 7.82. The maximum atomic E-state index is 13.6. The van der Waals surface area contributed by atoms with Crippen LogP contribution in [0.1, 0.15) is 34.5 Å². The van der Waals surface area contributed by atoms with Crippen molar-refractivity contribution in [2.45, 2.75) is 37.9 Å². The Morgan fingerprint density at radius 2 is 1.69 bits per heavy atom. The van der Waals surface area contributed by atoms with Gasteiger partial charge < -0.3 is 4.90 Å². The minimum absolute atomic E-state index is 0.0111. The fourth-order valence-electron chi connectivity index (χ4n) is 4.98. The molecule has 2 aliphatic heterocycles. The van der Waals surface area contributed by atoms with E-state index in [1.54, 1.807) is 35.2 Å². The summed E-state index contributed by atoms with van der Waals surface area (Å²) in [5, 5.41) is 2.39. The number of amides is 3. The summed E-state index contributed by atoms with van der Waals surface area (Å²) in [5.41, 5.74) is 1.74. The highest BCUT2D eigenvalue weighted by molar-refractivity contribution is 7.12. The monoisotopic (exact) mass is 507 g/mol. The molecule has 2 aromatic carbocycles. The van der Waals surface area contributed by atoms with E-state index in [0.717, 1.165) is 32.5 Å². The summed E-state index contributed by atoms with van der Waals surface area (Å²) in [6.07, 6.45) is 1.49. The van der Waals surface area contributed by atoms with Gasteiger partial charge in [0.25, 0.3) is 11.8 Å². The second-order valence-electron chi connectivity index (χ2n) is 8.95. The summed E-state index contributed by atoms with van der Waals surface area (Å²) in [6, 6.07) is 19.7. The Morgan fingerprint density at radius 3 is 2.34 bits per heavy atom. The molecule has 5 rings (SSSR count). The van der Waals surface area contributed by atoms with Crippen molar-refractivity contribution >= 4 is 46.3 Å². The summed E-state index contributed by atoms with van der Waals surface area (Å²) in [7, 11) is 0. The molecule has 3 amide bonds. The third-order valence-electron chi connectivity index (χ3n) is 6.71. The number of hydrogen-bond donors (Lipinski definition) is 0. The van der Waals surface area contributed by atoms with Gasteiger partial charge >= 0.3 is 0 Å². The second-order valence-corrected chi connectivity index (χ2v) is 10.3. The zero-order valence-electron chi connectivity index (χ0n) is 19.2. The first kappa shape index (κ1) is 23.7. The van der Waals surface area contributed by atoms with Gasteiger partial charge in [0.05, 0.1) is 17.0 Å². The molecule has 1 unspecified atom stereocenters. The standard InChI is InChI=1S/C27H26ClN3O3S/c28-20-8-10-21(11-9-20)31-25(32)17-23(26(31)33)30(27(34)24-7-4-16-35-24)22-12-14-29(15-13-22)18-19-5-2-1-3-6-19/h1-11,16,22-23H,12-15,17-18H2. The summed E-state index contributed by atoms with van der Waals surface area (Å²) < 4.78 is 0. The van der Waals surface area contributed by atoms with Crippen molar-refractivity contribution in [3.05, 3.63) is 87.6 Å². The molecule has 0 N–H and O–H groups in total. The van der Waals surface area contributed by atoms with Gasteiger partial charge in [0.2, 0.25) is 5.91 Å². The van der Waals surface area contributed by atoms with Crippen LogP contribution in [-0.2, 0) is 16.1 Å². The summed E-state index contributed by atoms with van der Waals surface area (Å²) in [4.78, 5) is 46.0. The molecule has 1 aromatic heterocycles. The highest BCUT2D eigenvalue weighted by Crippen LogP contribution is 2.32. The molecule has 0 radical (unpaired) electrons. The Balaban J connectivity index is 1.36. The van der Waals surface area contributed by atoms with E-state index in [2.05, 4.69) is 17.0 Å². The minimum Gasteiger partial charge on any atom is -0.322 e. The SMILES string of the molecule is O=C1CC(N(C(=O)c2cccs2)C2CCN(Cc3ccccc3)CC2)C(=O)N1c1ccc(Cl)cc1. The first-order valence-corrected chi connectivity index (χ1v) is 13.0. The molecule has 2 saturated heterocycles. The highest BCUT2D eigenvalue weighted by atomic mass is 35.5. The van der Waals surface area contributed by atoms with Gasteiger partial charge in [0.1, 0.15) is 6.04 Å². The fourth-order valence-corrected chi connectivity index (χ4v) is 5.77. The van der Waals surface area contributed by atoms with Crippen LogP contribution >= 0.6 is 22.9 Å². The summed E-state index contributed by atoms with van der Waals surface area (Å²) in [5.74, 6) is -0.827. The molecule has 180 valence electrons. The molecule has 1 atom stereocenters. The smallest absolute Gasteiger partial charge is 0.264 e. The number of thiophene rings is 1. The lowest BCUT2D eigenvalue weighted by Crippen LogP contribution is -2.54. The van der Waals surface area contributed by atoms with Crippen LogP contribution in [0.3, 0.4) is 0 Å². The van der Waals surface area contributed by atoms with Gasteiger partial charge in [-0.1, -0.05) is 48.0 Å². The van der Waals surface area contributed by atoms with Crippen molar-refractivity contribution in [2.24, 2.45) is 0 Å². The van der Waals surface area contributed by atoms with Crippen molar-refractivity contribution in [3.8, 4) is 0 Å². The Kier molecular flexibility index (Phi) is 7.00. The molecular formula is C27H26ClN3O3S. The van der Waals surface area contributed by atoms with Gasteiger partial charge in [-0.3, -0.25) is 19.3 Å². The molecule has 8 heteroatoms. The number of likely N-dealkylation sites (tertiary alicyclic amines) is 1. The van der Waals surface area contributed by atoms with E-state index in [1.165, 1.54) is 21.8 Å². The molecule has 0 bridgehead atoms. The van der Waals surface area contributed by atoms with E-state index in [-0.39, 0.29) is 30.2 Å². The number of carbonyl (C=O) groups excluding carboxylic acids is 3. The predicted molar refractivity (Wildman–Crippen MR) is 138 cm³/mol. The van der Waals surface area contributed by atoms with Crippen LogP contribution in [0.15, 0.2) is 72.1 Å². The van der Waals surface area contributed by atoms with Gasteiger partial charge in [-0.15, -0.1) is 11.3 Å². The Bertz CT molecular complexity index is 1190. The number of piperidine rings is 1. The van der Waals surface area contributed by atoms with Gasteiger partial charge in [-0.05, 0) is 54.1 Å². The number of anilines is 1. The maximum Gasteiger partial charge on any atom is 0.264 e. The van der Waals surface area contributed by atoms with E-state index in [9.17, 15) is 14.4 Å². The largest absolute Gasteiger partial charge is 0.322 e. The average molecular weight is 508 g/mol. The molecule has 3 aromatic rings. The quantitative estimate of drug-likeness (QED) is 0.448. The normalized spacial score (nSPS) is 19.3. The molecule has 6 nitrogen and oxygen atoms in total. The third kappa shape index (κ3) is 5.03. The maximum absolute atomic E-state index is 13.6. The van der Waals surface area contributed by atoms with Gasteiger partial charge in [-0.25, -0.2) is 4.90 Å². The minimum atomic E-state index is -0.807. The van der Waals surface area contributed by atoms with Crippen molar-refractivity contribution in [1.29, 1.82) is 0 Å². The van der Waals surface area contributed by atoms with Crippen molar-refractivity contribution in [1.82, 2.24) is 9.80 Å². The Morgan fingerprint density at radius 1 is 0.971 bits per heavy atom. The molecule has 0 saturated carbocycles. The molecule has 3 heterocycles. The number of rotatable bonds is 6. The highest BCUT2D eigenvalue weighted by Gasteiger charge is 2.47. The summed E-state index contributed by atoms with van der Waals surface area (Å²) >= 11 is 7.35. The fraction of sp³-hybridized carbons (Fsp3) is 0.296. The molecule has 0 aliphatic carbocycles. The van der Waals surface area contributed by atoms with Crippen molar-refractivity contribution in [2.75, 3.05) is 18.0 Å². The molecule has 0 spiro atoms. The zero-order valence-corrected chi connectivity index (χ0v) is 20.8. The molecular weight excluding hydrogens is 482 g/mol. The predicted octanol–water partition coefficient (Wildman–Crippen LogP) is 4.84. The number of carbonyl (C=O) groups is 3. The van der Waals surface area contributed by atoms with Gasteiger partial charge in [0.15, 0.2) is 0 Å². The number of nitrogens with zero attached hydrogens (tertiary/aromatic N) is 3. The van der Waals surface area contributed by atoms with E-state index in [4.69, 9.17) is 11.6 Å². The first-order chi connectivity index (χ1) is 17.0. The zero-order chi connectivity index (χ0) is 24.4. The Labute approximate surface area is 213 Å². The topological polar surface area (TPSA) is 60.9 Å². The van der Waals surface area contributed by atoms with Crippen LogP contribution in [-0.4, -0.2) is 52.7 Å². The number of imide groups is 1. The number of hydrogen-bond acceptors (Lipinski definition) is 5. The van der Waals surface area contributed by atoms with Crippen LogP contribution in [0.4, 0.5) is 5.69 Å². The lowest BCUT2D eigenvalue weighted by atomic mass is 9.99. The number of benzene rings is 2. The lowest BCUT2D eigenvalue weighted by molar-refractivity contribution is -0.123. The summed E-state index contributed by atoms with van der Waals surface area (Å²) in [6.45, 7) is 2.50. The van der Waals surface area contributed by atoms with Crippen LogP contribution < -0.4 is 4.90 Å². The van der Waals surface area contributed by atoms with E-state index in [1.807, 2.05) is 29.6 Å². The van der Waals surface area contributed by atoms with Crippen LogP contribution in [0.2, 0.25) is 5.02 Å².